The van der Waals surface area contributed by atoms with Crippen LogP contribution in [0.2, 0.25) is 0 Å². The van der Waals surface area contributed by atoms with Gasteiger partial charge in [-0.15, -0.1) is 0 Å². The zero-order valence-corrected chi connectivity index (χ0v) is 14.1. The minimum atomic E-state index is -4.58. The number of carbonyl (C=O) groups excluding carboxylic acids is 1. The summed E-state index contributed by atoms with van der Waals surface area (Å²) >= 11 is 0. The fourth-order valence-electron chi connectivity index (χ4n) is 3.85. The highest BCUT2D eigenvalue weighted by atomic mass is 19.4. The Hall–Kier alpha value is -2.32. The van der Waals surface area contributed by atoms with Crippen molar-refractivity contribution in [3.8, 4) is 0 Å². The van der Waals surface area contributed by atoms with Crippen LogP contribution in [-0.2, 0) is 11.0 Å². The third-order valence-electron chi connectivity index (χ3n) is 5.46. The van der Waals surface area contributed by atoms with Gasteiger partial charge in [-0.2, -0.15) is 18.3 Å². The summed E-state index contributed by atoms with van der Waals surface area (Å²) in [5.74, 6) is -0.113. The first-order valence-electron chi connectivity index (χ1n) is 8.88. The number of nitrogens with two attached hydrogens (primary N) is 1. The van der Waals surface area contributed by atoms with Crippen LogP contribution in [0, 0.1) is 5.92 Å². The summed E-state index contributed by atoms with van der Waals surface area (Å²) in [6.45, 7) is 0.559. The molecule has 2 aromatic rings. The molecule has 4 rings (SSSR count). The summed E-state index contributed by atoms with van der Waals surface area (Å²) < 4.78 is 40.7. The number of piperidine rings is 1. The van der Waals surface area contributed by atoms with E-state index in [4.69, 9.17) is 5.73 Å². The minimum absolute atomic E-state index is 0.00226. The van der Waals surface area contributed by atoms with Crippen molar-refractivity contribution in [3.05, 3.63) is 17.3 Å². The molecular weight excluding hydrogens is 347 g/mol. The molecule has 1 aliphatic heterocycles. The van der Waals surface area contributed by atoms with E-state index in [0.717, 1.165) is 38.2 Å². The van der Waals surface area contributed by atoms with E-state index in [1.165, 1.54) is 0 Å². The van der Waals surface area contributed by atoms with Crippen LogP contribution in [0.4, 0.5) is 19.0 Å². The summed E-state index contributed by atoms with van der Waals surface area (Å²) in [4.78, 5) is 18.8. The Morgan fingerprint density at radius 1 is 1.23 bits per heavy atom. The van der Waals surface area contributed by atoms with Gasteiger partial charge in [-0.3, -0.25) is 9.89 Å². The number of aromatic nitrogens is 3. The normalized spacial score (nSPS) is 21.8. The third kappa shape index (κ3) is 2.79. The molecule has 1 unspecified atom stereocenters. The van der Waals surface area contributed by atoms with Crippen molar-refractivity contribution in [2.45, 2.75) is 50.7 Å². The number of alkyl halides is 3. The molecular formula is C17H20F3N5O. The van der Waals surface area contributed by atoms with Crippen LogP contribution in [0.15, 0.2) is 6.07 Å². The van der Waals surface area contributed by atoms with Gasteiger partial charge in [0.2, 0.25) is 5.91 Å². The number of amides is 1. The second-order valence-electron chi connectivity index (χ2n) is 7.10. The topological polar surface area (TPSA) is 87.9 Å². The van der Waals surface area contributed by atoms with E-state index in [2.05, 4.69) is 15.2 Å². The number of hydrogen-bond acceptors (Lipinski definition) is 4. The van der Waals surface area contributed by atoms with Gasteiger partial charge in [-0.1, -0.05) is 6.42 Å². The summed E-state index contributed by atoms with van der Waals surface area (Å²) in [5.41, 5.74) is 4.94. The highest BCUT2D eigenvalue weighted by Crippen LogP contribution is 2.40. The van der Waals surface area contributed by atoms with E-state index in [1.807, 2.05) is 0 Å². The summed E-state index contributed by atoms with van der Waals surface area (Å²) in [6, 6.07) is 0.589. The molecule has 0 spiro atoms. The van der Waals surface area contributed by atoms with Gasteiger partial charge in [0.1, 0.15) is 5.82 Å². The SMILES string of the molecule is Nc1[nH]nc2nc(C3CCCCN3C(=O)C3CCC3)cc(C(F)(F)F)c12. The molecule has 26 heavy (non-hydrogen) atoms. The molecule has 0 bridgehead atoms. The van der Waals surface area contributed by atoms with Crippen LogP contribution in [0.5, 0.6) is 0 Å². The number of nitrogen functional groups attached to an aromatic ring is 1. The van der Waals surface area contributed by atoms with Crippen LogP contribution in [0.25, 0.3) is 11.0 Å². The summed E-state index contributed by atoms with van der Waals surface area (Å²) in [7, 11) is 0. The molecule has 1 amide bonds. The fraction of sp³-hybridized carbons (Fsp3) is 0.588. The summed E-state index contributed by atoms with van der Waals surface area (Å²) in [6.07, 6.45) is 0.488. The molecule has 6 nitrogen and oxygen atoms in total. The second-order valence-corrected chi connectivity index (χ2v) is 7.10. The Labute approximate surface area is 147 Å². The number of nitrogens with one attached hydrogen (secondary N) is 1. The average molecular weight is 367 g/mol. The van der Waals surface area contributed by atoms with Crippen LogP contribution in [-0.4, -0.2) is 32.5 Å². The Morgan fingerprint density at radius 2 is 2.00 bits per heavy atom. The molecule has 1 atom stereocenters. The first kappa shape index (κ1) is 17.1. The molecule has 0 radical (unpaired) electrons. The Bertz CT molecular complexity index is 843. The predicted octanol–water partition coefficient (Wildman–Crippen LogP) is 3.41. The second kappa shape index (κ2) is 6.14. The van der Waals surface area contributed by atoms with Crippen molar-refractivity contribution in [1.82, 2.24) is 20.1 Å². The average Bonchev–Trinajstić information content (AvgIpc) is 2.93. The molecule has 0 aromatic carbocycles. The van der Waals surface area contributed by atoms with Crippen molar-refractivity contribution >= 4 is 22.8 Å². The van der Waals surface area contributed by atoms with Crippen molar-refractivity contribution in [2.75, 3.05) is 12.3 Å². The van der Waals surface area contributed by atoms with Gasteiger partial charge in [-0.05, 0) is 38.2 Å². The zero-order valence-electron chi connectivity index (χ0n) is 14.1. The Balaban J connectivity index is 1.77. The Kier molecular flexibility index (Phi) is 4.04. The number of rotatable bonds is 2. The van der Waals surface area contributed by atoms with Crippen LogP contribution < -0.4 is 5.73 Å². The van der Waals surface area contributed by atoms with E-state index in [9.17, 15) is 18.0 Å². The Morgan fingerprint density at radius 3 is 2.65 bits per heavy atom. The molecule has 2 aromatic heterocycles. The fourth-order valence-corrected chi connectivity index (χ4v) is 3.85. The van der Waals surface area contributed by atoms with Crippen molar-refractivity contribution in [2.24, 2.45) is 5.92 Å². The lowest BCUT2D eigenvalue weighted by molar-refractivity contribution is -0.142. The first-order valence-corrected chi connectivity index (χ1v) is 8.88. The number of hydrogen-bond donors (Lipinski definition) is 2. The lowest BCUT2D eigenvalue weighted by Crippen LogP contribution is -2.44. The van der Waals surface area contributed by atoms with E-state index in [-0.39, 0.29) is 34.4 Å². The quantitative estimate of drug-likeness (QED) is 0.851. The number of nitrogens with zero attached hydrogens (tertiary/aromatic N) is 3. The first-order chi connectivity index (χ1) is 12.4. The van der Waals surface area contributed by atoms with E-state index >= 15 is 0 Å². The van der Waals surface area contributed by atoms with E-state index < -0.39 is 17.8 Å². The number of pyridine rings is 1. The van der Waals surface area contributed by atoms with E-state index in [0.29, 0.717) is 13.0 Å². The van der Waals surface area contributed by atoms with Crippen molar-refractivity contribution in [3.63, 3.8) is 0 Å². The maximum absolute atomic E-state index is 13.6. The molecule has 3 N–H and O–H groups in total. The van der Waals surface area contributed by atoms with Gasteiger partial charge < -0.3 is 10.6 Å². The highest BCUT2D eigenvalue weighted by Gasteiger charge is 2.39. The maximum Gasteiger partial charge on any atom is 0.417 e. The van der Waals surface area contributed by atoms with Gasteiger partial charge in [0.25, 0.3) is 0 Å². The number of carbonyl (C=O) groups is 1. The van der Waals surface area contributed by atoms with Crippen molar-refractivity contribution < 1.29 is 18.0 Å². The standard InChI is InChI=1S/C17H20F3N5O/c18-17(19,20)10-8-11(22-15-13(10)14(21)23-24-15)12-6-1-2-7-25(12)16(26)9-4-3-5-9/h8-9,12H,1-7H2,(H3,21,22,23,24). The molecule has 140 valence electrons. The van der Waals surface area contributed by atoms with E-state index in [1.54, 1.807) is 4.90 Å². The predicted molar refractivity (Wildman–Crippen MR) is 88.9 cm³/mol. The molecule has 9 heteroatoms. The van der Waals surface area contributed by atoms with Crippen molar-refractivity contribution in [1.29, 1.82) is 0 Å². The van der Waals surface area contributed by atoms with Crippen LogP contribution in [0.1, 0.15) is 55.8 Å². The number of halogens is 3. The number of H-pyrrole nitrogens is 1. The van der Waals surface area contributed by atoms with Gasteiger partial charge in [0.05, 0.1) is 22.7 Å². The lowest BCUT2D eigenvalue weighted by Gasteiger charge is -2.39. The largest absolute Gasteiger partial charge is 0.417 e. The molecule has 1 saturated carbocycles. The highest BCUT2D eigenvalue weighted by molar-refractivity contribution is 5.90. The number of likely N-dealkylation sites (tertiary alicyclic amines) is 1. The monoisotopic (exact) mass is 367 g/mol. The van der Waals surface area contributed by atoms with Gasteiger partial charge >= 0.3 is 6.18 Å². The van der Waals surface area contributed by atoms with Crippen LogP contribution in [0.3, 0.4) is 0 Å². The number of anilines is 1. The van der Waals surface area contributed by atoms with Gasteiger partial charge in [-0.25, -0.2) is 4.98 Å². The molecule has 2 fully saturated rings. The minimum Gasteiger partial charge on any atom is -0.383 e. The number of fused-ring (bicyclic) bond motifs is 1. The number of aromatic amines is 1. The molecule has 1 saturated heterocycles. The third-order valence-corrected chi connectivity index (χ3v) is 5.46. The van der Waals surface area contributed by atoms with Gasteiger partial charge in [0.15, 0.2) is 5.65 Å². The van der Waals surface area contributed by atoms with Gasteiger partial charge in [0, 0.05) is 12.5 Å². The van der Waals surface area contributed by atoms with Crippen LogP contribution >= 0.6 is 0 Å². The molecule has 3 heterocycles. The smallest absolute Gasteiger partial charge is 0.383 e. The lowest BCUT2D eigenvalue weighted by atomic mass is 9.83. The summed E-state index contributed by atoms with van der Waals surface area (Å²) in [5, 5.41) is 5.98. The zero-order chi connectivity index (χ0) is 18.5. The molecule has 1 aliphatic carbocycles. The molecule has 2 aliphatic rings. The maximum atomic E-state index is 13.6.